The van der Waals surface area contributed by atoms with Crippen molar-refractivity contribution in [1.82, 2.24) is 10.2 Å². The van der Waals surface area contributed by atoms with Crippen molar-refractivity contribution in [1.29, 1.82) is 5.26 Å². The summed E-state index contributed by atoms with van der Waals surface area (Å²) < 4.78 is 16.0. The summed E-state index contributed by atoms with van der Waals surface area (Å²) in [6.45, 7) is 2.08. The van der Waals surface area contributed by atoms with Gasteiger partial charge in [-0.3, -0.25) is 19.6 Å². The number of esters is 1. The van der Waals surface area contributed by atoms with Crippen LogP contribution in [0.25, 0.3) is 11.3 Å². The summed E-state index contributed by atoms with van der Waals surface area (Å²) >= 11 is 0. The van der Waals surface area contributed by atoms with Gasteiger partial charge in [-0.15, -0.1) is 5.10 Å². The average Bonchev–Trinajstić information content (AvgIpc) is 3.39. The van der Waals surface area contributed by atoms with Crippen LogP contribution in [0.2, 0.25) is 0 Å². The zero-order valence-electron chi connectivity index (χ0n) is 19.0. The van der Waals surface area contributed by atoms with E-state index in [1.807, 2.05) is 19.1 Å². The number of nitrogens with two attached hydrogens (primary N) is 1. The summed E-state index contributed by atoms with van der Waals surface area (Å²) in [6, 6.07) is 16.3. The van der Waals surface area contributed by atoms with Crippen molar-refractivity contribution < 1.29 is 23.8 Å². The minimum atomic E-state index is -1.67. The molecule has 3 heterocycles. The van der Waals surface area contributed by atoms with Crippen LogP contribution in [0, 0.1) is 11.3 Å². The summed E-state index contributed by atoms with van der Waals surface area (Å²) in [5.74, 6) is -0.598. The average molecular weight is 471 g/mol. The molecule has 0 bridgehead atoms. The van der Waals surface area contributed by atoms with Crippen molar-refractivity contribution in [2.45, 2.75) is 12.3 Å². The SMILES string of the molecule is CCOc1ccc(-c2[nH]nc3c2[C@]2(C(=O)N(CC(=O)OC)c4ccccc42)C(C#N)=C(N)O3)cc1. The van der Waals surface area contributed by atoms with E-state index in [-0.39, 0.29) is 23.9 Å². The number of carbonyl (C=O) groups is 2. The zero-order chi connectivity index (χ0) is 24.7. The maximum absolute atomic E-state index is 14.2. The van der Waals surface area contributed by atoms with Gasteiger partial charge in [-0.25, -0.2) is 0 Å². The van der Waals surface area contributed by atoms with Crippen LogP contribution < -0.4 is 20.1 Å². The Kier molecular flexibility index (Phi) is 5.17. The molecule has 0 saturated carbocycles. The Hall–Kier alpha value is -4.78. The number of nitrogens with one attached hydrogen (secondary N) is 1. The number of nitriles is 1. The predicted octanol–water partition coefficient (Wildman–Crippen LogP) is 2.37. The van der Waals surface area contributed by atoms with Crippen molar-refractivity contribution >= 4 is 17.6 Å². The molecule has 10 heteroatoms. The largest absolute Gasteiger partial charge is 0.494 e. The van der Waals surface area contributed by atoms with Gasteiger partial charge in [0, 0.05) is 16.8 Å². The fourth-order valence-corrected chi connectivity index (χ4v) is 4.73. The quantitative estimate of drug-likeness (QED) is 0.540. The van der Waals surface area contributed by atoms with Crippen molar-refractivity contribution in [2.75, 3.05) is 25.2 Å². The lowest BCUT2D eigenvalue weighted by atomic mass is 9.68. The number of amides is 1. The molecule has 1 spiro atoms. The zero-order valence-corrected chi connectivity index (χ0v) is 19.0. The number of hydrogen-bond acceptors (Lipinski definition) is 8. The molecule has 35 heavy (non-hydrogen) atoms. The first-order valence-corrected chi connectivity index (χ1v) is 10.9. The predicted molar refractivity (Wildman–Crippen MR) is 124 cm³/mol. The third kappa shape index (κ3) is 3.05. The van der Waals surface area contributed by atoms with Crippen LogP contribution in [-0.2, 0) is 19.7 Å². The van der Waals surface area contributed by atoms with Crippen molar-refractivity contribution in [2.24, 2.45) is 5.73 Å². The molecule has 1 aromatic heterocycles. The van der Waals surface area contributed by atoms with Gasteiger partial charge in [-0.05, 0) is 37.3 Å². The van der Waals surface area contributed by atoms with E-state index in [1.165, 1.54) is 12.0 Å². The highest BCUT2D eigenvalue weighted by atomic mass is 16.5. The van der Waals surface area contributed by atoms with Gasteiger partial charge >= 0.3 is 5.97 Å². The minimum Gasteiger partial charge on any atom is -0.494 e. The van der Waals surface area contributed by atoms with Crippen LogP contribution in [0.15, 0.2) is 60.0 Å². The monoisotopic (exact) mass is 471 g/mol. The lowest BCUT2D eigenvalue weighted by Gasteiger charge is -2.32. The number of H-pyrrole nitrogens is 1. The topological polar surface area (TPSA) is 144 Å². The summed E-state index contributed by atoms with van der Waals surface area (Å²) in [7, 11) is 1.25. The Labute approximate surface area is 200 Å². The summed E-state index contributed by atoms with van der Waals surface area (Å²) in [5, 5.41) is 17.4. The normalized spacial score (nSPS) is 18.1. The van der Waals surface area contributed by atoms with Crippen LogP contribution in [-0.4, -0.2) is 42.3 Å². The number of ether oxygens (including phenoxy) is 3. The number of aromatic amines is 1. The number of benzene rings is 2. The van der Waals surface area contributed by atoms with E-state index in [0.29, 0.717) is 40.4 Å². The van der Waals surface area contributed by atoms with Gasteiger partial charge in [0.05, 0.1) is 25.0 Å². The van der Waals surface area contributed by atoms with E-state index >= 15 is 0 Å². The standard InChI is InChI=1S/C25H21N5O5/c1-3-34-15-10-8-14(9-11-15)21-20-23(29-28-21)35-22(27)17(12-26)25(20)16-6-4-5-7-18(16)30(24(25)32)13-19(31)33-2/h4-11H,3,13,27H2,1-2H3,(H,28,29)/t25-/m1/s1. The second-order valence-electron chi connectivity index (χ2n) is 7.92. The molecule has 2 aliphatic heterocycles. The molecule has 0 unspecified atom stereocenters. The van der Waals surface area contributed by atoms with E-state index in [0.717, 1.165) is 0 Å². The Balaban J connectivity index is 1.79. The number of hydrogen-bond donors (Lipinski definition) is 2. The van der Waals surface area contributed by atoms with Gasteiger partial charge in [0.1, 0.15) is 29.4 Å². The van der Waals surface area contributed by atoms with Crippen LogP contribution in [0.4, 0.5) is 5.69 Å². The van der Waals surface area contributed by atoms with Crippen LogP contribution in [0.1, 0.15) is 18.1 Å². The molecule has 0 saturated heterocycles. The number of rotatable bonds is 5. The first-order chi connectivity index (χ1) is 17.0. The van der Waals surface area contributed by atoms with Crippen molar-refractivity contribution in [3.63, 3.8) is 0 Å². The highest BCUT2D eigenvalue weighted by Gasteiger charge is 2.61. The number of anilines is 1. The molecule has 0 aliphatic carbocycles. The Morgan fingerprint density at radius 3 is 2.69 bits per heavy atom. The second kappa shape index (κ2) is 8.22. The molecule has 2 aromatic carbocycles. The first-order valence-electron chi connectivity index (χ1n) is 10.9. The van der Waals surface area contributed by atoms with Gasteiger partial charge in [0.25, 0.3) is 0 Å². The highest BCUT2D eigenvalue weighted by Crippen LogP contribution is 2.56. The third-order valence-electron chi connectivity index (χ3n) is 6.18. The molecule has 0 fully saturated rings. The molecule has 10 nitrogen and oxygen atoms in total. The number of nitrogens with zero attached hydrogens (tertiary/aromatic N) is 3. The molecule has 3 aromatic rings. The lowest BCUT2D eigenvalue weighted by molar-refractivity contribution is -0.140. The molecular formula is C25H21N5O5. The number of aromatic nitrogens is 2. The number of para-hydroxylation sites is 1. The Morgan fingerprint density at radius 2 is 2.00 bits per heavy atom. The highest BCUT2D eigenvalue weighted by molar-refractivity contribution is 6.16. The van der Waals surface area contributed by atoms with Crippen LogP contribution in [0.3, 0.4) is 0 Å². The van der Waals surface area contributed by atoms with E-state index in [2.05, 4.69) is 16.3 Å². The Morgan fingerprint density at radius 1 is 1.26 bits per heavy atom. The molecule has 1 amide bonds. The van der Waals surface area contributed by atoms with Gasteiger partial charge in [-0.1, -0.05) is 18.2 Å². The lowest BCUT2D eigenvalue weighted by Crippen LogP contribution is -2.47. The van der Waals surface area contributed by atoms with E-state index in [9.17, 15) is 14.9 Å². The van der Waals surface area contributed by atoms with Crippen LogP contribution >= 0.6 is 0 Å². The summed E-state index contributed by atoms with van der Waals surface area (Å²) in [4.78, 5) is 27.8. The molecule has 2 aliphatic rings. The summed E-state index contributed by atoms with van der Waals surface area (Å²) in [5.41, 5.74) is 6.88. The molecule has 0 radical (unpaired) electrons. The molecule has 3 N–H and O–H groups in total. The number of methoxy groups -OCH3 is 1. The smallest absolute Gasteiger partial charge is 0.325 e. The maximum atomic E-state index is 14.2. The van der Waals surface area contributed by atoms with E-state index in [4.69, 9.17) is 19.9 Å². The van der Waals surface area contributed by atoms with Gasteiger partial charge < -0.3 is 19.9 Å². The van der Waals surface area contributed by atoms with E-state index in [1.54, 1.807) is 36.4 Å². The molecule has 5 rings (SSSR count). The van der Waals surface area contributed by atoms with Crippen molar-refractivity contribution in [3.05, 3.63) is 71.1 Å². The number of carbonyl (C=O) groups excluding carboxylic acids is 2. The van der Waals surface area contributed by atoms with Crippen molar-refractivity contribution in [3.8, 4) is 29.0 Å². The van der Waals surface area contributed by atoms with Crippen LogP contribution in [0.5, 0.6) is 11.6 Å². The maximum Gasteiger partial charge on any atom is 0.325 e. The molecule has 176 valence electrons. The number of fused-ring (bicyclic) bond motifs is 4. The molecule has 1 atom stereocenters. The fourth-order valence-electron chi connectivity index (χ4n) is 4.73. The molecular weight excluding hydrogens is 450 g/mol. The third-order valence-corrected chi connectivity index (χ3v) is 6.18. The van der Waals surface area contributed by atoms with Gasteiger partial charge in [-0.2, -0.15) is 5.26 Å². The van der Waals surface area contributed by atoms with Gasteiger partial charge in [0.2, 0.25) is 17.7 Å². The Bertz CT molecular complexity index is 1420. The second-order valence-corrected chi connectivity index (χ2v) is 7.92. The summed E-state index contributed by atoms with van der Waals surface area (Å²) in [6.07, 6.45) is 0. The first kappa shape index (κ1) is 22.0. The van der Waals surface area contributed by atoms with E-state index < -0.39 is 17.3 Å². The minimum absolute atomic E-state index is 0.0773. The van der Waals surface area contributed by atoms with Gasteiger partial charge in [0.15, 0.2) is 0 Å². The fraction of sp³-hybridized carbons (Fsp3) is 0.200.